The normalized spacial score (nSPS) is 11.9. The van der Waals surface area contributed by atoms with Gasteiger partial charge >= 0.3 is 0 Å². The molecule has 2 nitrogen and oxygen atoms in total. The maximum absolute atomic E-state index is 9.71. The molecule has 0 aliphatic rings. The van der Waals surface area contributed by atoms with Gasteiger partial charge in [0.2, 0.25) is 0 Å². The third-order valence-electron chi connectivity index (χ3n) is 2.17. The predicted octanol–water partition coefficient (Wildman–Crippen LogP) is 3.69. The number of phenolic OH excluding ortho intramolecular Hbond substituents is 1. The second kappa shape index (κ2) is 5.68. The minimum absolute atomic E-state index is 0. The summed E-state index contributed by atoms with van der Waals surface area (Å²) in [7, 11) is 0. The van der Waals surface area contributed by atoms with E-state index < -0.39 is 0 Å². The molecule has 0 radical (unpaired) electrons. The van der Waals surface area contributed by atoms with E-state index in [0.717, 1.165) is 14.9 Å². The number of benzene rings is 1. The largest absolute Gasteiger partial charge is 0.508 e. The van der Waals surface area contributed by atoms with Crippen LogP contribution in [0, 0.1) is 0 Å². The Kier molecular flexibility index (Phi) is 4.80. The zero-order valence-corrected chi connectivity index (χ0v) is 11.5. The number of hydrogen-bond donors (Lipinski definition) is 2. The molecular formula is C11H11BrClNOS. The summed E-state index contributed by atoms with van der Waals surface area (Å²) in [4.78, 5) is 1.04. The van der Waals surface area contributed by atoms with E-state index in [1.54, 1.807) is 23.5 Å². The number of nitrogens with two attached hydrogens (primary N) is 1. The van der Waals surface area contributed by atoms with Crippen LogP contribution in [0.5, 0.6) is 5.75 Å². The molecule has 1 heterocycles. The highest BCUT2D eigenvalue weighted by atomic mass is 79.9. The summed E-state index contributed by atoms with van der Waals surface area (Å²) in [6.07, 6.45) is 0. The van der Waals surface area contributed by atoms with Crippen molar-refractivity contribution in [3.63, 3.8) is 0 Å². The van der Waals surface area contributed by atoms with E-state index in [1.165, 1.54) is 0 Å². The van der Waals surface area contributed by atoms with Gasteiger partial charge in [-0.1, -0.05) is 22.0 Å². The van der Waals surface area contributed by atoms with Crippen LogP contribution in [0.3, 0.4) is 0 Å². The second-order valence-electron chi connectivity index (χ2n) is 3.20. The standard InChI is InChI=1S/C11H10BrNOS.ClH/c12-7-3-4-9(14)8(6-7)11(13)10-2-1-5-15-10;/h1-6,11,14H,13H2;1H/t11-;/m0./s1. The molecule has 1 aromatic carbocycles. The lowest BCUT2D eigenvalue weighted by Crippen LogP contribution is -2.10. The van der Waals surface area contributed by atoms with Crippen molar-refractivity contribution in [2.45, 2.75) is 6.04 Å². The van der Waals surface area contributed by atoms with Crippen LogP contribution in [0.25, 0.3) is 0 Å². The van der Waals surface area contributed by atoms with Gasteiger partial charge < -0.3 is 10.8 Å². The average Bonchev–Trinajstić information content (AvgIpc) is 2.74. The van der Waals surface area contributed by atoms with Gasteiger partial charge in [0.05, 0.1) is 6.04 Å². The van der Waals surface area contributed by atoms with E-state index in [4.69, 9.17) is 5.73 Å². The van der Waals surface area contributed by atoms with E-state index in [0.29, 0.717) is 0 Å². The van der Waals surface area contributed by atoms with Crippen LogP contribution in [0.2, 0.25) is 0 Å². The fraction of sp³-hybridized carbons (Fsp3) is 0.0909. The molecule has 0 unspecified atom stereocenters. The molecule has 0 fully saturated rings. The van der Waals surface area contributed by atoms with Crippen LogP contribution in [-0.4, -0.2) is 5.11 Å². The number of aromatic hydroxyl groups is 1. The Morgan fingerprint density at radius 3 is 2.69 bits per heavy atom. The molecule has 0 spiro atoms. The van der Waals surface area contributed by atoms with Crippen LogP contribution < -0.4 is 5.73 Å². The molecule has 86 valence electrons. The molecule has 0 saturated heterocycles. The Hall–Kier alpha value is -0.550. The monoisotopic (exact) mass is 319 g/mol. The molecule has 0 aliphatic heterocycles. The second-order valence-corrected chi connectivity index (χ2v) is 5.09. The summed E-state index contributed by atoms with van der Waals surface area (Å²) < 4.78 is 0.919. The van der Waals surface area contributed by atoms with Gasteiger partial charge in [-0.05, 0) is 29.6 Å². The summed E-state index contributed by atoms with van der Waals surface area (Å²) in [5.41, 5.74) is 6.80. The van der Waals surface area contributed by atoms with Gasteiger partial charge in [-0.25, -0.2) is 0 Å². The maximum Gasteiger partial charge on any atom is 0.120 e. The average molecular weight is 321 g/mol. The lowest BCUT2D eigenvalue weighted by Gasteiger charge is -2.12. The van der Waals surface area contributed by atoms with Gasteiger partial charge in [-0.3, -0.25) is 0 Å². The quantitative estimate of drug-likeness (QED) is 0.886. The molecule has 2 aromatic rings. The highest BCUT2D eigenvalue weighted by Gasteiger charge is 2.14. The van der Waals surface area contributed by atoms with E-state index in [1.807, 2.05) is 23.6 Å². The van der Waals surface area contributed by atoms with Crippen molar-refractivity contribution in [2.75, 3.05) is 0 Å². The third kappa shape index (κ3) is 2.77. The van der Waals surface area contributed by atoms with Gasteiger partial charge in [0, 0.05) is 14.9 Å². The first-order valence-electron chi connectivity index (χ1n) is 4.46. The Morgan fingerprint density at radius 1 is 1.31 bits per heavy atom. The number of halogens is 2. The zero-order chi connectivity index (χ0) is 10.8. The predicted molar refractivity (Wildman–Crippen MR) is 73.4 cm³/mol. The summed E-state index contributed by atoms with van der Waals surface area (Å²) >= 11 is 4.95. The Labute approximate surface area is 113 Å². The van der Waals surface area contributed by atoms with Crippen molar-refractivity contribution >= 4 is 39.7 Å². The molecule has 0 aliphatic carbocycles. The van der Waals surface area contributed by atoms with E-state index in [9.17, 15) is 5.11 Å². The molecule has 16 heavy (non-hydrogen) atoms. The van der Waals surface area contributed by atoms with Crippen LogP contribution in [0.1, 0.15) is 16.5 Å². The van der Waals surface area contributed by atoms with Crippen LogP contribution in [-0.2, 0) is 0 Å². The Bertz CT molecular complexity index is 461. The van der Waals surface area contributed by atoms with Crippen molar-refractivity contribution in [2.24, 2.45) is 5.73 Å². The molecule has 1 aromatic heterocycles. The topological polar surface area (TPSA) is 46.2 Å². The lowest BCUT2D eigenvalue weighted by molar-refractivity contribution is 0.465. The summed E-state index contributed by atoms with van der Waals surface area (Å²) in [6.45, 7) is 0. The van der Waals surface area contributed by atoms with Crippen molar-refractivity contribution in [3.8, 4) is 5.75 Å². The molecule has 0 amide bonds. The lowest BCUT2D eigenvalue weighted by atomic mass is 10.1. The van der Waals surface area contributed by atoms with Crippen LogP contribution >= 0.6 is 39.7 Å². The Morgan fingerprint density at radius 2 is 2.06 bits per heavy atom. The molecule has 0 bridgehead atoms. The Balaban J connectivity index is 0.00000128. The van der Waals surface area contributed by atoms with Gasteiger partial charge in [-0.2, -0.15) is 0 Å². The number of hydrogen-bond acceptors (Lipinski definition) is 3. The summed E-state index contributed by atoms with van der Waals surface area (Å²) in [6, 6.07) is 8.94. The van der Waals surface area contributed by atoms with E-state index >= 15 is 0 Å². The van der Waals surface area contributed by atoms with Gasteiger partial charge in [-0.15, -0.1) is 23.7 Å². The van der Waals surface area contributed by atoms with Crippen molar-refractivity contribution in [1.82, 2.24) is 0 Å². The molecule has 3 N–H and O–H groups in total. The number of thiophene rings is 1. The van der Waals surface area contributed by atoms with Crippen molar-refractivity contribution in [1.29, 1.82) is 0 Å². The first-order chi connectivity index (χ1) is 7.18. The minimum atomic E-state index is -0.262. The SMILES string of the molecule is Cl.N[C@H](c1cccs1)c1cc(Br)ccc1O. The highest BCUT2D eigenvalue weighted by molar-refractivity contribution is 9.10. The fourth-order valence-corrected chi connectivity index (χ4v) is 2.52. The number of rotatable bonds is 2. The van der Waals surface area contributed by atoms with E-state index in [2.05, 4.69) is 15.9 Å². The van der Waals surface area contributed by atoms with Gasteiger partial charge in [0.1, 0.15) is 5.75 Å². The van der Waals surface area contributed by atoms with Gasteiger partial charge in [0.25, 0.3) is 0 Å². The third-order valence-corrected chi connectivity index (χ3v) is 3.62. The molecule has 0 saturated carbocycles. The molecular weight excluding hydrogens is 310 g/mol. The smallest absolute Gasteiger partial charge is 0.120 e. The first kappa shape index (κ1) is 13.5. The highest BCUT2D eigenvalue weighted by Crippen LogP contribution is 2.31. The minimum Gasteiger partial charge on any atom is -0.508 e. The zero-order valence-electron chi connectivity index (χ0n) is 8.26. The number of phenols is 1. The van der Waals surface area contributed by atoms with Crippen LogP contribution in [0.15, 0.2) is 40.2 Å². The molecule has 1 atom stereocenters. The van der Waals surface area contributed by atoms with Gasteiger partial charge in [0.15, 0.2) is 0 Å². The maximum atomic E-state index is 9.71. The molecule has 5 heteroatoms. The fourth-order valence-electron chi connectivity index (χ4n) is 1.40. The van der Waals surface area contributed by atoms with E-state index in [-0.39, 0.29) is 24.2 Å². The van der Waals surface area contributed by atoms with Crippen molar-refractivity contribution < 1.29 is 5.11 Å². The summed E-state index contributed by atoms with van der Waals surface area (Å²) in [5.74, 6) is 0.235. The first-order valence-corrected chi connectivity index (χ1v) is 6.13. The van der Waals surface area contributed by atoms with Crippen LogP contribution in [0.4, 0.5) is 0 Å². The molecule has 2 rings (SSSR count). The van der Waals surface area contributed by atoms with Crippen molar-refractivity contribution in [3.05, 3.63) is 50.6 Å². The summed E-state index contributed by atoms with van der Waals surface area (Å²) in [5, 5.41) is 11.7.